The maximum Gasteiger partial charge on any atom is 0.243 e. The number of nitrogens with zero attached hydrogens (tertiary/aromatic N) is 1. The van der Waals surface area contributed by atoms with Gasteiger partial charge in [-0.2, -0.15) is 4.31 Å². The molecule has 2 aromatic rings. The molecule has 0 heterocycles. The standard InChI is InChI=1S/C21H28N2O6S/c1-16(15-27-2)22-21(24)14-23(13-17-8-6-5-7-9-17)30(25,26)18-10-11-19(28-3)20(12-18)29-4/h5-12,16H,13-15H2,1-4H3,(H,22,24)/t16-/m0/s1. The second kappa shape index (κ2) is 11.0. The lowest BCUT2D eigenvalue weighted by Gasteiger charge is -2.23. The molecule has 0 fully saturated rings. The highest BCUT2D eigenvalue weighted by Crippen LogP contribution is 2.31. The average Bonchev–Trinajstić information content (AvgIpc) is 2.73. The number of hydrogen-bond acceptors (Lipinski definition) is 6. The van der Waals surface area contributed by atoms with E-state index < -0.39 is 15.9 Å². The molecule has 164 valence electrons. The van der Waals surface area contributed by atoms with Gasteiger partial charge in [0.2, 0.25) is 15.9 Å². The van der Waals surface area contributed by atoms with Gasteiger partial charge in [-0.3, -0.25) is 4.79 Å². The minimum Gasteiger partial charge on any atom is -0.493 e. The van der Waals surface area contributed by atoms with Crippen LogP contribution in [0.5, 0.6) is 11.5 Å². The molecule has 1 N–H and O–H groups in total. The van der Waals surface area contributed by atoms with Crippen LogP contribution < -0.4 is 14.8 Å². The van der Waals surface area contributed by atoms with Crippen LogP contribution in [0.15, 0.2) is 53.4 Å². The SMILES string of the molecule is COC[C@H](C)NC(=O)CN(Cc1ccccc1)S(=O)(=O)c1ccc(OC)c(OC)c1. The summed E-state index contributed by atoms with van der Waals surface area (Å²) in [6.07, 6.45) is 0. The number of amides is 1. The van der Waals surface area contributed by atoms with Crippen molar-refractivity contribution in [1.29, 1.82) is 0 Å². The van der Waals surface area contributed by atoms with Crippen LogP contribution in [0.2, 0.25) is 0 Å². The molecule has 0 aliphatic carbocycles. The highest BCUT2D eigenvalue weighted by atomic mass is 32.2. The first kappa shape index (κ1) is 23.7. The van der Waals surface area contributed by atoms with E-state index in [1.165, 1.54) is 39.5 Å². The fourth-order valence-corrected chi connectivity index (χ4v) is 4.31. The summed E-state index contributed by atoms with van der Waals surface area (Å²) in [5.41, 5.74) is 0.763. The van der Waals surface area contributed by atoms with Crippen molar-refractivity contribution in [2.75, 3.05) is 34.5 Å². The van der Waals surface area contributed by atoms with Crippen LogP contribution in [-0.4, -0.2) is 59.2 Å². The van der Waals surface area contributed by atoms with Gasteiger partial charge < -0.3 is 19.5 Å². The fraction of sp³-hybridized carbons (Fsp3) is 0.381. The van der Waals surface area contributed by atoms with Crippen LogP contribution in [0.3, 0.4) is 0 Å². The molecule has 30 heavy (non-hydrogen) atoms. The molecule has 0 unspecified atom stereocenters. The predicted octanol–water partition coefficient (Wildman–Crippen LogP) is 2.05. The second-order valence-electron chi connectivity index (χ2n) is 6.70. The van der Waals surface area contributed by atoms with E-state index >= 15 is 0 Å². The van der Waals surface area contributed by atoms with Crippen LogP contribution >= 0.6 is 0 Å². The number of carbonyl (C=O) groups is 1. The number of hydrogen-bond donors (Lipinski definition) is 1. The van der Waals surface area contributed by atoms with Gasteiger partial charge in [0.25, 0.3) is 0 Å². The molecule has 0 aromatic heterocycles. The first-order valence-corrected chi connectivity index (χ1v) is 10.8. The molecule has 0 radical (unpaired) electrons. The Labute approximate surface area is 177 Å². The van der Waals surface area contributed by atoms with Crippen molar-refractivity contribution in [2.24, 2.45) is 0 Å². The third-order valence-electron chi connectivity index (χ3n) is 4.34. The molecule has 0 spiro atoms. The lowest BCUT2D eigenvalue weighted by Crippen LogP contribution is -2.44. The van der Waals surface area contributed by atoms with Gasteiger partial charge in [-0.1, -0.05) is 30.3 Å². The van der Waals surface area contributed by atoms with Crippen LogP contribution in [0.4, 0.5) is 0 Å². The zero-order valence-corrected chi connectivity index (χ0v) is 18.4. The molecule has 0 saturated heterocycles. The smallest absolute Gasteiger partial charge is 0.243 e. The number of benzene rings is 2. The number of sulfonamides is 1. The number of ether oxygens (including phenoxy) is 3. The Hall–Kier alpha value is -2.62. The zero-order valence-electron chi connectivity index (χ0n) is 17.6. The summed E-state index contributed by atoms with van der Waals surface area (Å²) in [5, 5.41) is 2.75. The van der Waals surface area contributed by atoms with Gasteiger partial charge in [0.1, 0.15) is 0 Å². The summed E-state index contributed by atoms with van der Waals surface area (Å²) >= 11 is 0. The Bertz CT molecular complexity index is 934. The van der Waals surface area contributed by atoms with Crippen molar-refractivity contribution in [1.82, 2.24) is 9.62 Å². The monoisotopic (exact) mass is 436 g/mol. The molecule has 0 aliphatic heterocycles. The van der Waals surface area contributed by atoms with E-state index in [9.17, 15) is 13.2 Å². The molecular weight excluding hydrogens is 408 g/mol. The fourth-order valence-electron chi connectivity index (χ4n) is 2.91. The summed E-state index contributed by atoms with van der Waals surface area (Å²) < 4.78 is 43.3. The average molecular weight is 437 g/mol. The van der Waals surface area contributed by atoms with Gasteiger partial charge in [-0.25, -0.2) is 8.42 Å². The Kier molecular flexibility index (Phi) is 8.64. The van der Waals surface area contributed by atoms with Crippen molar-refractivity contribution in [3.8, 4) is 11.5 Å². The first-order chi connectivity index (χ1) is 14.3. The molecule has 1 atom stereocenters. The number of rotatable bonds is 11. The maximum atomic E-state index is 13.4. The van der Waals surface area contributed by atoms with Gasteiger partial charge in [-0.15, -0.1) is 0 Å². The van der Waals surface area contributed by atoms with Gasteiger partial charge in [0, 0.05) is 25.8 Å². The minimum absolute atomic E-state index is 0.00817. The molecular formula is C21H28N2O6S. The molecule has 2 rings (SSSR count). The highest BCUT2D eigenvalue weighted by molar-refractivity contribution is 7.89. The van der Waals surface area contributed by atoms with Gasteiger partial charge in [0.05, 0.1) is 32.3 Å². The predicted molar refractivity (Wildman–Crippen MR) is 113 cm³/mol. The molecule has 1 amide bonds. The van der Waals surface area contributed by atoms with Crippen LogP contribution in [-0.2, 0) is 26.1 Å². The maximum absolute atomic E-state index is 13.4. The summed E-state index contributed by atoms with van der Waals surface area (Å²) in [6, 6.07) is 13.2. The lowest BCUT2D eigenvalue weighted by atomic mass is 10.2. The van der Waals surface area contributed by atoms with E-state index in [1.807, 2.05) is 30.3 Å². The Morgan fingerprint density at radius 1 is 1.03 bits per heavy atom. The summed E-state index contributed by atoms with van der Waals surface area (Å²) in [4.78, 5) is 12.5. The highest BCUT2D eigenvalue weighted by Gasteiger charge is 2.28. The molecule has 8 nitrogen and oxygen atoms in total. The molecule has 0 aliphatic rings. The van der Waals surface area contributed by atoms with Gasteiger partial charge in [-0.05, 0) is 24.6 Å². The van der Waals surface area contributed by atoms with E-state index in [-0.39, 0.29) is 29.8 Å². The minimum atomic E-state index is -3.99. The van der Waals surface area contributed by atoms with Crippen molar-refractivity contribution >= 4 is 15.9 Å². The van der Waals surface area contributed by atoms with Crippen molar-refractivity contribution in [3.05, 3.63) is 54.1 Å². The third-order valence-corrected chi connectivity index (χ3v) is 6.13. The first-order valence-electron chi connectivity index (χ1n) is 9.36. The number of methoxy groups -OCH3 is 3. The molecule has 9 heteroatoms. The summed E-state index contributed by atoms with van der Waals surface area (Å²) in [5.74, 6) is 0.285. The zero-order chi connectivity index (χ0) is 22.1. The lowest BCUT2D eigenvalue weighted by molar-refractivity contribution is -0.122. The van der Waals surface area contributed by atoms with E-state index in [0.717, 1.165) is 9.87 Å². The van der Waals surface area contributed by atoms with E-state index in [4.69, 9.17) is 14.2 Å². The van der Waals surface area contributed by atoms with E-state index in [0.29, 0.717) is 12.4 Å². The summed E-state index contributed by atoms with van der Waals surface area (Å²) in [7, 11) is 0.442. The van der Waals surface area contributed by atoms with Crippen LogP contribution in [0.1, 0.15) is 12.5 Å². The molecule has 0 bridgehead atoms. The quantitative estimate of drug-likeness (QED) is 0.579. The van der Waals surface area contributed by atoms with Crippen molar-refractivity contribution in [2.45, 2.75) is 24.4 Å². The Balaban J connectivity index is 2.35. The molecule has 2 aromatic carbocycles. The third kappa shape index (κ3) is 6.19. The van der Waals surface area contributed by atoms with Crippen molar-refractivity contribution < 1.29 is 27.4 Å². The summed E-state index contributed by atoms with van der Waals surface area (Å²) in [6.45, 7) is 1.82. The Morgan fingerprint density at radius 2 is 1.70 bits per heavy atom. The van der Waals surface area contributed by atoms with Gasteiger partial charge >= 0.3 is 0 Å². The van der Waals surface area contributed by atoms with E-state index in [1.54, 1.807) is 6.92 Å². The van der Waals surface area contributed by atoms with Crippen molar-refractivity contribution in [3.63, 3.8) is 0 Å². The van der Waals surface area contributed by atoms with Gasteiger partial charge in [0.15, 0.2) is 11.5 Å². The Morgan fingerprint density at radius 3 is 2.30 bits per heavy atom. The number of nitrogens with one attached hydrogen (secondary N) is 1. The topological polar surface area (TPSA) is 94.2 Å². The largest absolute Gasteiger partial charge is 0.493 e. The molecule has 0 saturated carbocycles. The van der Waals surface area contributed by atoms with E-state index in [2.05, 4.69) is 5.32 Å². The van der Waals surface area contributed by atoms with Crippen LogP contribution in [0, 0.1) is 0 Å². The number of carbonyl (C=O) groups excluding carboxylic acids is 1. The normalized spacial score (nSPS) is 12.4. The van der Waals surface area contributed by atoms with Crippen LogP contribution in [0.25, 0.3) is 0 Å². The second-order valence-corrected chi connectivity index (χ2v) is 8.64.